The molecule has 0 radical (unpaired) electrons. The zero-order valence-corrected chi connectivity index (χ0v) is 10.9. The highest BCUT2D eigenvalue weighted by Gasteiger charge is 2.13. The van der Waals surface area contributed by atoms with Crippen molar-refractivity contribution in [2.75, 3.05) is 17.3 Å². The third-order valence-electron chi connectivity index (χ3n) is 2.16. The number of thioether (sulfide) groups is 1. The summed E-state index contributed by atoms with van der Waals surface area (Å²) in [6, 6.07) is 3.51. The molecule has 1 aromatic rings. The number of halogens is 2. The number of amides is 1. The molecular formula is C11H14ClFN2OS. The Kier molecular flexibility index (Phi) is 5.74. The molecule has 94 valence electrons. The SMILES string of the molecule is CSCC[C@@H](N)C(=O)Nc1ccc(Cl)c(F)c1. The Hall–Kier alpha value is -0.780. The largest absolute Gasteiger partial charge is 0.325 e. The van der Waals surface area contributed by atoms with Crippen molar-refractivity contribution in [1.29, 1.82) is 0 Å². The number of carbonyl (C=O) groups is 1. The first kappa shape index (κ1) is 14.3. The molecule has 0 aliphatic rings. The zero-order valence-electron chi connectivity index (χ0n) is 9.37. The molecule has 1 amide bonds. The van der Waals surface area contributed by atoms with Gasteiger partial charge in [0.1, 0.15) is 5.82 Å². The summed E-state index contributed by atoms with van der Waals surface area (Å²) < 4.78 is 13.1. The van der Waals surface area contributed by atoms with Gasteiger partial charge < -0.3 is 11.1 Å². The molecule has 17 heavy (non-hydrogen) atoms. The molecule has 3 nitrogen and oxygen atoms in total. The summed E-state index contributed by atoms with van der Waals surface area (Å²) in [6.07, 6.45) is 2.53. The molecule has 6 heteroatoms. The number of anilines is 1. The van der Waals surface area contributed by atoms with Crippen LogP contribution < -0.4 is 11.1 Å². The van der Waals surface area contributed by atoms with Crippen LogP contribution in [0.5, 0.6) is 0 Å². The first-order valence-electron chi connectivity index (χ1n) is 5.05. The van der Waals surface area contributed by atoms with Gasteiger partial charge >= 0.3 is 0 Å². The second kappa shape index (κ2) is 6.83. The standard InChI is InChI=1S/C11H14ClFN2OS/c1-17-5-4-10(14)11(16)15-7-2-3-8(12)9(13)6-7/h2-3,6,10H,4-5,14H2,1H3,(H,15,16)/t10-/m1/s1. The average Bonchev–Trinajstić information content (AvgIpc) is 2.30. The van der Waals surface area contributed by atoms with Gasteiger partial charge in [0.25, 0.3) is 0 Å². The summed E-state index contributed by atoms with van der Waals surface area (Å²) in [6.45, 7) is 0. The Bertz CT molecular complexity index is 403. The Morgan fingerprint density at radius 1 is 1.65 bits per heavy atom. The minimum absolute atomic E-state index is 0.0229. The van der Waals surface area contributed by atoms with Crippen LogP contribution in [0, 0.1) is 5.82 Å². The fourth-order valence-corrected chi connectivity index (χ4v) is 1.79. The van der Waals surface area contributed by atoms with E-state index in [2.05, 4.69) is 5.32 Å². The van der Waals surface area contributed by atoms with Crippen molar-refractivity contribution >= 4 is 35.0 Å². The van der Waals surface area contributed by atoms with Crippen LogP contribution in [0.4, 0.5) is 10.1 Å². The maximum absolute atomic E-state index is 13.1. The molecule has 0 saturated carbocycles. The summed E-state index contributed by atoms with van der Waals surface area (Å²) in [5, 5.41) is 2.57. The fourth-order valence-electron chi connectivity index (χ4n) is 1.18. The van der Waals surface area contributed by atoms with Crippen molar-refractivity contribution in [2.24, 2.45) is 5.73 Å². The van der Waals surface area contributed by atoms with Gasteiger partial charge in [-0.1, -0.05) is 11.6 Å². The smallest absolute Gasteiger partial charge is 0.241 e. The van der Waals surface area contributed by atoms with Crippen molar-refractivity contribution in [1.82, 2.24) is 0 Å². The molecular weight excluding hydrogens is 263 g/mol. The van der Waals surface area contributed by atoms with Gasteiger partial charge in [0, 0.05) is 5.69 Å². The number of nitrogens with one attached hydrogen (secondary N) is 1. The van der Waals surface area contributed by atoms with E-state index >= 15 is 0 Å². The minimum Gasteiger partial charge on any atom is -0.325 e. The highest BCUT2D eigenvalue weighted by atomic mass is 35.5. The van der Waals surface area contributed by atoms with Gasteiger partial charge in [0.05, 0.1) is 11.1 Å². The Labute approximate surface area is 109 Å². The molecule has 0 aliphatic heterocycles. The molecule has 0 saturated heterocycles. The summed E-state index contributed by atoms with van der Waals surface area (Å²) in [4.78, 5) is 11.6. The molecule has 0 spiro atoms. The predicted octanol–water partition coefficient (Wildman–Crippen LogP) is 2.50. The van der Waals surface area contributed by atoms with Gasteiger partial charge in [-0.25, -0.2) is 4.39 Å². The lowest BCUT2D eigenvalue weighted by atomic mass is 10.2. The quantitative estimate of drug-likeness (QED) is 0.869. The summed E-state index contributed by atoms with van der Waals surface area (Å²) in [7, 11) is 0. The number of benzene rings is 1. The van der Waals surface area contributed by atoms with Crippen LogP contribution in [0.15, 0.2) is 18.2 Å². The normalized spacial score (nSPS) is 12.2. The topological polar surface area (TPSA) is 55.1 Å². The van der Waals surface area contributed by atoms with Gasteiger partial charge in [0.15, 0.2) is 0 Å². The van der Waals surface area contributed by atoms with Crippen molar-refractivity contribution in [3.63, 3.8) is 0 Å². The Morgan fingerprint density at radius 3 is 2.94 bits per heavy atom. The van der Waals surface area contributed by atoms with Gasteiger partial charge in [0.2, 0.25) is 5.91 Å². The molecule has 0 aromatic heterocycles. The summed E-state index contributed by atoms with van der Waals surface area (Å²) >= 11 is 7.15. The lowest BCUT2D eigenvalue weighted by molar-refractivity contribution is -0.117. The minimum atomic E-state index is -0.582. The second-order valence-electron chi connectivity index (χ2n) is 3.51. The second-order valence-corrected chi connectivity index (χ2v) is 4.90. The molecule has 0 aliphatic carbocycles. The Morgan fingerprint density at radius 2 is 2.35 bits per heavy atom. The van der Waals surface area contributed by atoms with Crippen LogP contribution in [0.25, 0.3) is 0 Å². The van der Waals surface area contributed by atoms with Crippen LogP contribution in [-0.2, 0) is 4.79 Å². The van der Waals surface area contributed by atoms with E-state index in [1.807, 2.05) is 6.26 Å². The molecule has 0 bridgehead atoms. The highest BCUT2D eigenvalue weighted by molar-refractivity contribution is 7.98. The van der Waals surface area contributed by atoms with Crippen molar-refractivity contribution in [3.05, 3.63) is 29.0 Å². The van der Waals surface area contributed by atoms with E-state index in [0.717, 1.165) is 5.75 Å². The maximum atomic E-state index is 13.1. The van der Waals surface area contributed by atoms with Gasteiger partial charge in [-0.3, -0.25) is 4.79 Å². The summed E-state index contributed by atoms with van der Waals surface area (Å²) in [5.74, 6) is -0.0771. The van der Waals surface area contributed by atoms with Crippen LogP contribution >= 0.6 is 23.4 Å². The molecule has 1 aromatic carbocycles. The van der Waals surface area contributed by atoms with Crippen LogP contribution in [0.3, 0.4) is 0 Å². The van der Waals surface area contributed by atoms with E-state index in [1.54, 1.807) is 11.8 Å². The highest BCUT2D eigenvalue weighted by Crippen LogP contribution is 2.18. The fraction of sp³-hybridized carbons (Fsp3) is 0.364. The lowest BCUT2D eigenvalue weighted by Gasteiger charge is -2.11. The van der Waals surface area contributed by atoms with Gasteiger partial charge in [-0.05, 0) is 36.6 Å². The molecule has 0 fully saturated rings. The van der Waals surface area contributed by atoms with E-state index in [4.69, 9.17) is 17.3 Å². The first-order valence-corrected chi connectivity index (χ1v) is 6.82. The third-order valence-corrected chi connectivity index (χ3v) is 3.11. The molecule has 1 atom stereocenters. The number of nitrogens with two attached hydrogens (primary N) is 1. The predicted molar refractivity (Wildman–Crippen MR) is 71.0 cm³/mol. The molecule has 0 unspecified atom stereocenters. The van der Waals surface area contributed by atoms with E-state index in [9.17, 15) is 9.18 Å². The van der Waals surface area contributed by atoms with Crippen molar-refractivity contribution in [2.45, 2.75) is 12.5 Å². The average molecular weight is 277 g/mol. The van der Waals surface area contributed by atoms with Crippen molar-refractivity contribution < 1.29 is 9.18 Å². The number of rotatable bonds is 5. The lowest BCUT2D eigenvalue weighted by Crippen LogP contribution is -2.36. The number of hydrogen-bond acceptors (Lipinski definition) is 3. The molecule has 0 heterocycles. The first-order chi connectivity index (χ1) is 8.04. The number of hydrogen-bond donors (Lipinski definition) is 2. The monoisotopic (exact) mass is 276 g/mol. The van der Waals surface area contributed by atoms with E-state index in [0.29, 0.717) is 12.1 Å². The zero-order chi connectivity index (χ0) is 12.8. The summed E-state index contributed by atoms with van der Waals surface area (Å²) in [5.41, 5.74) is 6.03. The maximum Gasteiger partial charge on any atom is 0.241 e. The Balaban J connectivity index is 2.58. The molecule has 1 rings (SSSR count). The van der Waals surface area contributed by atoms with Gasteiger partial charge in [-0.15, -0.1) is 0 Å². The van der Waals surface area contributed by atoms with E-state index in [-0.39, 0.29) is 10.9 Å². The van der Waals surface area contributed by atoms with Crippen LogP contribution in [0.1, 0.15) is 6.42 Å². The van der Waals surface area contributed by atoms with Crippen molar-refractivity contribution in [3.8, 4) is 0 Å². The van der Waals surface area contributed by atoms with E-state index < -0.39 is 11.9 Å². The van der Waals surface area contributed by atoms with E-state index in [1.165, 1.54) is 18.2 Å². The number of carbonyl (C=O) groups excluding carboxylic acids is 1. The van der Waals surface area contributed by atoms with Crippen LogP contribution in [-0.4, -0.2) is 24.0 Å². The van der Waals surface area contributed by atoms with Crippen LogP contribution in [0.2, 0.25) is 5.02 Å². The third kappa shape index (κ3) is 4.53. The molecule has 3 N–H and O–H groups in total. The van der Waals surface area contributed by atoms with Gasteiger partial charge in [-0.2, -0.15) is 11.8 Å².